The van der Waals surface area contributed by atoms with Crippen molar-refractivity contribution in [1.29, 1.82) is 0 Å². The zero-order chi connectivity index (χ0) is 12.1. The summed E-state index contributed by atoms with van der Waals surface area (Å²) in [5.41, 5.74) is 6.58. The Labute approximate surface area is 102 Å². The largest absolute Gasteiger partial charge is 0.324 e. The van der Waals surface area contributed by atoms with Crippen LogP contribution in [0.5, 0.6) is 0 Å². The second kappa shape index (κ2) is 6.21. The lowest BCUT2D eigenvalue weighted by Gasteiger charge is -2.19. The number of rotatable bonds is 5. The predicted octanol–water partition coefficient (Wildman–Crippen LogP) is 4.31. The van der Waals surface area contributed by atoms with Gasteiger partial charge in [-0.25, -0.2) is 4.39 Å². The molecular formula is C13H19ClFN. The molecule has 3 heteroatoms. The molecule has 1 rings (SSSR count). The van der Waals surface area contributed by atoms with Gasteiger partial charge < -0.3 is 5.73 Å². The molecule has 1 atom stereocenters. The third-order valence-electron chi connectivity index (χ3n) is 3.10. The molecule has 0 bridgehead atoms. The maximum absolute atomic E-state index is 13.6. The van der Waals surface area contributed by atoms with Gasteiger partial charge in [0.2, 0.25) is 0 Å². The first-order chi connectivity index (χ1) is 7.58. The molecule has 2 N–H and O–H groups in total. The van der Waals surface area contributed by atoms with Crippen LogP contribution in [0, 0.1) is 11.7 Å². The van der Waals surface area contributed by atoms with E-state index in [0.29, 0.717) is 16.5 Å². The summed E-state index contributed by atoms with van der Waals surface area (Å²) in [5.74, 6) is 0.260. The molecule has 0 saturated carbocycles. The second-order valence-electron chi connectivity index (χ2n) is 4.19. The third-order valence-corrected chi connectivity index (χ3v) is 3.34. The summed E-state index contributed by atoms with van der Waals surface area (Å²) in [6, 6.07) is 4.46. The monoisotopic (exact) mass is 243 g/mol. The fourth-order valence-corrected chi connectivity index (χ4v) is 2.07. The molecule has 0 radical (unpaired) electrons. The lowest BCUT2D eigenvalue weighted by molar-refractivity contribution is 0.407. The van der Waals surface area contributed by atoms with Crippen molar-refractivity contribution in [2.24, 2.45) is 11.7 Å². The van der Waals surface area contributed by atoms with Crippen molar-refractivity contribution in [3.63, 3.8) is 0 Å². The van der Waals surface area contributed by atoms with Gasteiger partial charge in [-0.3, -0.25) is 0 Å². The third kappa shape index (κ3) is 3.46. The summed E-state index contributed by atoms with van der Waals surface area (Å²) >= 11 is 5.70. The Hall–Kier alpha value is -0.600. The van der Waals surface area contributed by atoms with E-state index in [4.69, 9.17) is 17.3 Å². The summed E-state index contributed by atoms with van der Waals surface area (Å²) in [5, 5.41) is 0.413. The van der Waals surface area contributed by atoms with Crippen LogP contribution in [-0.4, -0.2) is 0 Å². The van der Waals surface area contributed by atoms with Gasteiger partial charge in [0.25, 0.3) is 0 Å². The van der Waals surface area contributed by atoms with E-state index in [-0.39, 0.29) is 11.9 Å². The van der Waals surface area contributed by atoms with Crippen LogP contribution in [-0.2, 0) is 0 Å². The highest BCUT2D eigenvalue weighted by atomic mass is 35.5. The Kier molecular flexibility index (Phi) is 5.23. The highest BCUT2D eigenvalue weighted by Gasteiger charge is 2.15. The molecule has 0 fully saturated rings. The SMILES string of the molecule is CCC(CC)CC(N)c1ccc(Cl)cc1F. The Bertz CT molecular complexity index is 337. The first kappa shape index (κ1) is 13.5. The molecule has 0 spiro atoms. The lowest BCUT2D eigenvalue weighted by Crippen LogP contribution is -2.16. The minimum Gasteiger partial charge on any atom is -0.324 e. The molecule has 1 aromatic carbocycles. The molecule has 1 nitrogen and oxygen atoms in total. The van der Waals surface area contributed by atoms with E-state index in [1.807, 2.05) is 0 Å². The van der Waals surface area contributed by atoms with E-state index in [0.717, 1.165) is 19.3 Å². The Morgan fingerprint density at radius 1 is 1.31 bits per heavy atom. The Morgan fingerprint density at radius 2 is 1.94 bits per heavy atom. The highest BCUT2D eigenvalue weighted by Crippen LogP contribution is 2.26. The summed E-state index contributed by atoms with van der Waals surface area (Å²) < 4.78 is 13.6. The Balaban J connectivity index is 2.76. The van der Waals surface area contributed by atoms with Crippen molar-refractivity contribution in [1.82, 2.24) is 0 Å². The number of hydrogen-bond acceptors (Lipinski definition) is 1. The van der Waals surface area contributed by atoms with Crippen LogP contribution < -0.4 is 5.73 Å². The minimum atomic E-state index is -0.300. The van der Waals surface area contributed by atoms with Crippen LogP contribution in [0.15, 0.2) is 18.2 Å². The average Bonchev–Trinajstić information content (AvgIpc) is 2.25. The van der Waals surface area contributed by atoms with Gasteiger partial charge in [0.15, 0.2) is 0 Å². The fourth-order valence-electron chi connectivity index (χ4n) is 1.91. The van der Waals surface area contributed by atoms with Crippen molar-refractivity contribution in [3.8, 4) is 0 Å². The van der Waals surface area contributed by atoms with Gasteiger partial charge in [-0.05, 0) is 24.5 Å². The van der Waals surface area contributed by atoms with Gasteiger partial charge in [-0.1, -0.05) is 44.4 Å². The molecule has 0 aliphatic heterocycles. The Morgan fingerprint density at radius 3 is 2.44 bits per heavy atom. The van der Waals surface area contributed by atoms with Crippen molar-refractivity contribution in [2.45, 2.75) is 39.2 Å². The van der Waals surface area contributed by atoms with Gasteiger partial charge >= 0.3 is 0 Å². The molecule has 1 aromatic rings. The first-order valence-corrected chi connectivity index (χ1v) is 6.16. The summed E-state index contributed by atoms with van der Waals surface area (Å²) in [6.45, 7) is 4.28. The smallest absolute Gasteiger partial charge is 0.129 e. The van der Waals surface area contributed by atoms with Crippen LogP contribution in [0.25, 0.3) is 0 Å². The van der Waals surface area contributed by atoms with E-state index >= 15 is 0 Å². The molecule has 16 heavy (non-hydrogen) atoms. The van der Waals surface area contributed by atoms with Crippen molar-refractivity contribution >= 4 is 11.6 Å². The van der Waals surface area contributed by atoms with E-state index in [9.17, 15) is 4.39 Å². The van der Waals surface area contributed by atoms with Gasteiger partial charge in [-0.15, -0.1) is 0 Å². The second-order valence-corrected chi connectivity index (χ2v) is 4.63. The van der Waals surface area contributed by atoms with Gasteiger partial charge in [-0.2, -0.15) is 0 Å². The van der Waals surface area contributed by atoms with Crippen LogP contribution in [0.2, 0.25) is 5.02 Å². The molecule has 1 unspecified atom stereocenters. The van der Waals surface area contributed by atoms with E-state index in [1.54, 1.807) is 12.1 Å². The normalized spacial score (nSPS) is 13.1. The van der Waals surface area contributed by atoms with Crippen molar-refractivity contribution in [2.75, 3.05) is 0 Å². The fraction of sp³-hybridized carbons (Fsp3) is 0.538. The van der Waals surface area contributed by atoms with Crippen molar-refractivity contribution in [3.05, 3.63) is 34.6 Å². The summed E-state index contributed by atoms with van der Waals surface area (Å²) in [6.07, 6.45) is 2.99. The summed E-state index contributed by atoms with van der Waals surface area (Å²) in [4.78, 5) is 0. The van der Waals surface area contributed by atoms with Crippen LogP contribution in [0.3, 0.4) is 0 Å². The maximum Gasteiger partial charge on any atom is 0.129 e. The molecule has 0 aromatic heterocycles. The quantitative estimate of drug-likeness (QED) is 0.820. The number of hydrogen-bond donors (Lipinski definition) is 1. The topological polar surface area (TPSA) is 26.0 Å². The molecule has 0 aliphatic carbocycles. The van der Waals surface area contributed by atoms with Gasteiger partial charge in [0.1, 0.15) is 5.82 Å². The maximum atomic E-state index is 13.6. The molecule has 0 aliphatic rings. The molecule has 0 amide bonds. The number of nitrogens with two attached hydrogens (primary N) is 1. The zero-order valence-electron chi connectivity index (χ0n) is 9.84. The van der Waals surface area contributed by atoms with E-state index < -0.39 is 0 Å². The minimum absolute atomic E-state index is 0.234. The zero-order valence-corrected chi connectivity index (χ0v) is 10.6. The average molecular weight is 244 g/mol. The van der Waals surface area contributed by atoms with E-state index in [1.165, 1.54) is 6.07 Å². The molecule has 0 saturated heterocycles. The van der Waals surface area contributed by atoms with Crippen molar-refractivity contribution < 1.29 is 4.39 Å². The highest BCUT2D eigenvalue weighted by molar-refractivity contribution is 6.30. The number of halogens is 2. The van der Waals surface area contributed by atoms with E-state index in [2.05, 4.69) is 13.8 Å². The van der Waals surface area contributed by atoms with Crippen LogP contribution >= 0.6 is 11.6 Å². The van der Waals surface area contributed by atoms with Gasteiger partial charge in [0, 0.05) is 16.6 Å². The lowest BCUT2D eigenvalue weighted by atomic mass is 9.91. The molecule has 90 valence electrons. The predicted molar refractivity (Wildman–Crippen MR) is 67.0 cm³/mol. The molecular weight excluding hydrogens is 225 g/mol. The first-order valence-electron chi connectivity index (χ1n) is 5.79. The molecule has 0 heterocycles. The standard InChI is InChI=1S/C13H19ClFN/c1-3-9(4-2)7-13(16)11-6-5-10(14)8-12(11)15/h5-6,8-9,13H,3-4,7,16H2,1-2H3. The summed E-state index contributed by atoms with van der Waals surface area (Å²) in [7, 11) is 0. The van der Waals surface area contributed by atoms with Crippen LogP contribution in [0.4, 0.5) is 4.39 Å². The van der Waals surface area contributed by atoms with Crippen LogP contribution in [0.1, 0.15) is 44.7 Å². The van der Waals surface area contributed by atoms with Gasteiger partial charge in [0.05, 0.1) is 0 Å². The number of benzene rings is 1.